The minimum atomic E-state index is -0.639. The molecular weight excluding hydrogens is 340 g/mol. The minimum Gasteiger partial charge on any atom is -0.385 e. The van der Waals surface area contributed by atoms with Crippen LogP contribution in [0.25, 0.3) is 11.0 Å². The molecule has 146 valence electrons. The van der Waals surface area contributed by atoms with E-state index in [0.717, 1.165) is 55.5 Å². The summed E-state index contributed by atoms with van der Waals surface area (Å²) in [5.74, 6) is 0.684. The summed E-state index contributed by atoms with van der Waals surface area (Å²) in [5.41, 5.74) is 2.06. The smallest absolute Gasteiger partial charge is 0.244 e. The van der Waals surface area contributed by atoms with Crippen molar-refractivity contribution in [2.45, 2.75) is 69.9 Å². The topological polar surface area (TPSA) is 81.2 Å². The molecule has 1 saturated carbocycles. The number of carbonyl (C=O) groups excluding carboxylic acids is 1. The fourth-order valence-corrected chi connectivity index (χ4v) is 4.70. The molecule has 1 aromatic carbocycles. The Balaban J connectivity index is 1.57. The highest BCUT2D eigenvalue weighted by Crippen LogP contribution is 2.36. The number of carbonyl (C=O) groups is 1. The number of aromatic nitrogens is 2. The highest BCUT2D eigenvalue weighted by atomic mass is 16.3. The summed E-state index contributed by atoms with van der Waals surface area (Å²) in [4.78, 5) is 23.4. The lowest BCUT2D eigenvalue weighted by Crippen LogP contribution is -2.59. The normalized spacial score (nSPS) is 21.9. The molecule has 2 aromatic rings. The molecule has 6 heteroatoms. The molecular formula is C21H30N4O2. The van der Waals surface area contributed by atoms with Gasteiger partial charge >= 0.3 is 0 Å². The standard InChI is InChI=1S/C21H30N4O2/c1-15(26)19-23-17-9-8-16(14-18(17)24-19)22-20(27)21(10-4-2-5-11-21)25-12-6-3-7-13-25/h8-9,14-15,26H,2-7,10-13H2,1H3,(H,22,27)(H,23,24). The van der Waals surface area contributed by atoms with Crippen LogP contribution in [-0.2, 0) is 4.79 Å². The Morgan fingerprint density at radius 1 is 1.19 bits per heavy atom. The number of likely N-dealkylation sites (tertiary alicyclic amines) is 1. The predicted octanol–water partition coefficient (Wildman–Crippen LogP) is 3.74. The van der Waals surface area contributed by atoms with Gasteiger partial charge in [0.15, 0.2) is 0 Å². The van der Waals surface area contributed by atoms with E-state index in [1.807, 2.05) is 18.2 Å². The SMILES string of the molecule is CC(O)c1nc2ccc(NC(=O)C3(N4CCCCC4)CCCCC3)cc2[nH]1. The molecule has 1 atom stereocenters. The first-order valence-electron chi connectivity index (χ1n) is 10.3. The van der Waals surface area contributed by atoms with Crippen LogP contribution in [0.1, 0.15) is 70.2 Å². The molecule has 2 fully saturated rings. The number of rotatable bonds is 4. The van der Waals surface area contributed by atoms with Crippen LogP contribution in [0, 0.1) is 0 Å². The van der Waals surface area contributed by atoms with Crippen molar-refractivity contribution in [2.24, 2.45) is 0 Å². The maximum Gasteiger partial charge on any atom is 0.244 e. The predicted molar refractivity (Wildman–Crippen MR) is 107 cm³/mol. The van der Waals surface area contributed by atoms with Crippen molar-refractivity contribution >= 4 is 22.6 Å². The summed E-state index contributed by atoms with van der Waals surface area (Å²) in [7, 11) is 0. The first kappa shape index (κ1) is 18.4. The number of hydrogen-bond donors (Lipinski definition) is 3. The number of aromatic amines is 1. The molecule has 1 amide bonds. The maximum absolute atomic E-state index is 13.4. The van der Waals surface area contributed by atoms with Gasteiger partial charge in [-0.1, -0.05) is 25.7 Å². The summed E-state index contributed by atoms with van der Waals surface area (Å²) in [6.45, 7) is 3.75. The Morgan fingerprint density at radius 3 is 2.59 bits per heavy atom. The summed E-state index contributed by atoms with van der Waals surface area (Å²) in [6.07, 6.45) is 8.41. The van der Waals surface area contributed by atoms with E-state index in [2.05, 4.69) is 20.2 Å². The van der Waals surface area contributed by atoms with Crippen LogP contribution in [-0.4, -0.2) is 44.5 Å². The number of H-pyrrole nitrogens is 1. The van der Waals surface area contributed by atoms with E-state index < -0.39 is 6.10 Å². The lowest BCUT2D eigenvalue weighted by Gasteiger charge is -2.46. The van der Waals surface area contributed by atoms with E-state index in [-0.39, 0.29) is 11.4 Å². The summed E-state index contributed by atoms with van der Waals surface area (Å²) < 4.78 is 0. The third-order valence-corrected chi connectivity index (χ3v) is 6.22. The van der Waals surface area contributed by atoms with Crippen LogP contribution in [0.4, 0.5) is 5.69 Å². The van der Waals surface area contributed by atoms with Crippen LogP contribution < -0.4 is 5.32 Å². The fourth-order valence-electron chi connectivity index (χ4n) is 4.70. The van der Waals surface area contributed by atoms with Gasteiger partial charge in [0.25, 0.3) is 0 Å². The van der Waals surface area contributed by atoms with Crippen LogP contribution in [0.15, 0.2) is 18.2 Å². The van der Waals surface area contributed by atoms with Crippen LogP contribution in [0.3, 0.4) is 0 Å². The highest BCUT2D eigenvalue weighted by Gasteiger charge is 2.44. The molecule has 1 aliphatic carbocycles. The van der Waals surface area contributed by atoms with E-state index in [9.17, 15) is 9.90 Å². The van der Waals surface area contributed by atoms with Crippen LogP contribution in [0.5, 0.6) is 0 Å². The second-order valence-electron chi connectivity index (χ2n) is 8.12. The van der Waals surface area contributed by atoms with Crippen molar-refractivity contribution in [3.8, 4) is 0 Å². The summed E-state index contributed by atoms with van der Waals surface area (Å²) in [5, 5.41) is 12.9. The molecule has 2 heterocycles. The lowest BCUT2D eigenvalue weighted by molar-refractivity contribution is -0.131. The lowest BCUT2D eigenvalue weighted by atomic mass is 9.78. The van der Waals surface area contributed by atoms with Gasteiger partial charge in [-0.05, 0) is 63.9 Å². The van der Waals surface area contributed by atoms with Crippen molar-refractivity contribution in [2.75, 3.05) is 18.4 Å². The van der Waals surface area contributed by atoms with Gasteiger partial charge in [-0.3, -0.25) is 9.69 Å². The average molecular weight is 370 g/mol. The zero-order chi connectivity index (χ0) is 18.9. The van der Waals surface area contributed by atoms with Gasteiger partial charge in [0.1, 0.15) is 17.5 Å². The summed E-state index contributed by atoms with van der Waals surface area (Å²) >= 11 is 0. The van der Waals surface area contributed by atoms with Crippen LogP contribution >= 0.6 is 0 Å². The quantitative estimate of drug-likeness (QED) is 0.766. The Labute approximate surface area is 160 Å². The average Bonchev–Trinajstić information content (AvgIpc) is 3.13. The number of aliphatic hydroxyl groups excluding tert-OH is 1. The molecule has 0 bridgehead atoms. The second kappa shape index (κ2) is 7.60. The van der Waals surface area contributed by atoms with Gasteiger partial charge in [-0.2, -0.15) is 0 Å². The molecule has 1 aromatic heterocycles. The van der Waals surface area contributed by atoms with E-state index in [1.54, 1.807) is 6.92 Å². The van der Waals surface area contributed by atoms with Crippen LogP contribution in [0.2, 0.25) is 0 Å². The molecule has 0 radical (unpaired) electrons. The molecule has 1 saturated heterocycles. The third-order valence-electron chi connectivity index (χ3n) is 6.22. The Bertz CT molecular complexity index is 802. The number of piperidine rings is 1. The second-order valence-corrected chi connectivity index (χ2v) is 8.12. The maximum atomic E-state index is 13.4. The van der Waals surface area contributed by atoms with E-state index in [1.165, 1.54) is 25.7 Å². The molecule has 1 unspecified atom stereocenters. The monoisotopic (exact) mass is 370 g/mol. The van der Waals surface area contributed by atoms with Crippen molar-refractivity contribution < 1.29 is 9.90 Å². The zero-order valence-electron chi connectivity index (χ0n) is 16.1. The van der Waals surface area contributed by atoms with Gasteiger partial charge in [-0.25, -0.2) is 4.98 Å². The molecule has 4 rings (SSSR count). The molecule has 0 spiro atoms. The van der Waals surface area contributed by atoms with Crippen molar-refractivity contribution in [3.63, 3.8) is 0 Å². The largest absolute Gasteiger partial charge is 0.385 e. The minimum absolute atomic E-state index is 0.138. The zero-order valence-corrected chi connectivity index (χ0v) is 16.1. The number of imidazole rings is 1. The van der Waals surface area contributed by atoms with E-state index in [0.29, 0.717) is 5.82 Å². The number of amides is 1. The Hall–Kier alpha value is -1.92. The van der Waals surface area contributed by atoms with Crippen molar-refractivity contribution in [1.29, 1.82) is 0 Å². The Kier molecular flexibility index (Phi) is 5.19. The first-order chi connectivity index (χ1) is 13.1. The fraction of sp³-hybridized carbons (Fsp3) is 0.619. The third kappa shape index (κ3) is 3.60. The van der Waals surface area contributed by atoms with Gasteiger partial charge < -0.3 is 15.4 Å². The van der Waals surface area contributed by atoms with Gasteiger partial charge in [0.05, 0.1) is 11.0 Å². The van der Waals surface area contributed by atoms with Crippen molar-refractivity contribution in [3.05, 3.63) is 24.0 Å². The molecule has 2 aliphatic rings. The first-order valence-corrected chi connectivity index (χ1v) is 10.3. The van der Waals surface area contributed by atoms with E-state index >= 15 is 0 Å². The number of hydrogen-bond acceptors (Lipinski definition) is 4. The number of aliphatic hydroxyl groups is 1. The van der Waals surface area contributed by atoms with Gasteiger partial charge in [-0.15, -0.1) is 0 Å². The Morgan fingerprint density at radius 2 is 1.89 bits per heavy atom. The number of fused-ring (bicyclic) bond motifs is 1. The highest BCUT2D eigenvalue weighted by molar-refractivity contribution is 5.99. The number of nitrogens with zero attached hydrogens (tertiary/aromatic N) is 2. The van der Waals surface area contributed by atoms with Gasteiger partial charge in [0.2, 0.25) is 5.91 Å². The number of anilines is 1. The van der Waals surface area contributed by atoms with E-state index in [4.69, 9.17) is 0 Å². The molecule has 6 nitrogen and oxygen atoms in total. The van der Waals surface area contributed by atoms with Gasteiger partial charge in [0, 0.05) is 5.69 Å². The number of benzene rings is 1. The molecule has 1 aliphatic heterocycles. The summed E-state index contributed by atoms with van der Waals surface area (Å²) in [6, 6.07) is 5.71. The molecule has 27 heavy (non-hydrogen) atoms. The molecule has 3 N–H and O–H groups in total. The van der Waals surface area contributed by atoms with Crippen molar-refractivity contribution in [1.82, 2.24) is 14.9 Å². The number of nitrogens with one attached hydrogen (secondary N) is 2.